The lowest BCUT2D eigenvalue weighted by Crippen LogP contribution is -2.15. The molecule has 0 fully saturated rings. The fourth-order valence-electron chi connectivity index (χ4n) is 2.95. The minimum Gasteiger partial charge on any atom is -0.470 e. The number of nitrogens with one attached hydrogen (secondary N) is 1. The molecule has 0 aliphatic heterocycles. The molecule has 0 radical (unpaired) electrons. The number of nitrogens with zero attached hydrogens (tertiary/aromatic N) is 5. The van der Waals surface area contributed by atoms with Crippen molar-refractivity contribution in [2.24, 2.45) is 0 Å². The summed E-state index contributed by atoms with van der Waals surface area (Å²) in [6.45, 7) is 0.0153. The van der Waals surface area contributed by atoms with E-state index < -0.39 is 16.6 Å². The van der Waals surface area contributed by atoms with Gasteiger partial charge in [-0.15, -0.1) is 0 Å². The Morgan fingerprint density at radius 2 is 1.88 bits per heavy atom. The van der Waals surface area contributed by atoms with Crippen molar-refractivity contribution in [1.82, 2.24) is 19.6 Å². The number of ether oxygens (including phenoxy) is 1. The summed E-state index contributed by atoms with van der Waals surface area (Å²) in [5.74, 6) is -0.479. The minimum atomic E-state index is -0.563. The zero-order chi connectivity index (χ0) is 24.2. The number of carbonyl (C=O) groups is 1. The molecule has 4 rings (SSSR count). The number of nitro groups is 1. The molecule has 2 aromatic carbocycles. The number of hydrogen-bond donors (Lipinski definition) is 1. The van der Waals surface area contributed by atoms with E-state index in [1.807, 2.05) is 0 Å². The number of rotatable bonds is 8. The molecule has 0 bridgehead atoms. The van der Waals surface area contributed by atoms with E-state index in [-0.39, 0.29) is 51.8 Å². The molecule has 0 atom stereocenters. The number of nitro benzene ring substituents is 1. The van der Waals surface area contributed by atoms with Gasteiger partial charge in [-0.25, -0.2) is 9.07 Å². The normalized spacial score (nSPS) is 10.8. The molecule has 0 aliphatic carbocycles. The van der Waals surface area contributed by atoms with Crippen molar-refractivity contribution in [3.8, 4) is 5.75 Å². The average molecular weight is 505 g/mol. The monoisotopic (exact) mass is 504 g/mol. The highest BCUT2D eigenvalue weighted by molar-refractivity contribution is 6.32. The molecule has 4 aromatic rings. The van der Waals surface area contributed by atoms with Crippen LogP contribution in [0.5, 0.6) is 5.75 Å². The zero-order valence-corrected chi connectivity index (χ0v) is 18.7. The number of carbonyl (C=O) groups excluding carboxylic acids is 1. The Bertz CT molecular complexity index is 1350. The number of halogens is 3. The molecular formula is C21H15Cl2FN6O4. The highest BCUT2D eigenvalue weighted by Gasteiger charge is 2.14. The van der Waals surface area contributed by atoms with Crippen molar-refractivity contribution in [3.05, 3.63) is 98.2 Å². The maximum atomic E-state index is 14.0. The van der Waals surface area contributed by atoms with Crippen LogP contribution in [0.3, 0.4) is 0 Å². The summed E-state index contributed by atoms with van der Waals surface area (Å²) in [4.78, 5) is 22.7. The smallest absolute Gasteiger partial charge is 0.277 e. The van der Waals surface area contributed by atoms with Gasteiger partial charge in [0.15, 0.2) is 18.2 Å². The fourth-order valence-corrected chi connectivity index (χ4v) is 3.41. The van der Waals surface area contributed by atoms with E-state index in [0.29, 0.717) is 0 Å². The first-order valence-electron chi connectivity index (χ1n) is 9.68. The van der Waals surface area contributed by atoms with Gasteiger partial charge in [-0.05, 0) is 24.3 Å². The Kier molecular flexibility index (Phi) is 6.75. The van der Waals surface area contributed by atoms with E-state index in [1.165, 1.54) is 52.0 Å². The first-order chi connectivity index (χ1) is 16.3. The van der Waals surface area contributed by atoms with Crippen LogP contribution in [0.4, 0.5) is 15.9 Å². The predicted molar refractivity (Wildman–Crippen MR) is 122 cm³/mol. The van der Waals surface area contributed by atoms with Gasteiger partial charge in [-0.3, -0.25) is 19.6 Å². The van der Waals surface area contributed by atoms with E-state index in [4.69, 9.17) is 27.9 Å². The minimum absolute atomic E-state index is 0.0755. The van der Waals surface area contributed by atoms with Crippen LogP contribution in [0.15, 0.2) is 60.9 Å². The molecule has 2 aromatic heterocycles. The van der Waals surface area contributed by atoms with Crippen molar-refractivity contribution in [3.63, 3.8) is 0 Å². The van der Waals surface area contributed by atoms with E-state index in [2.05, 4.69) is 15.5 Å². The number of benzene rings is 2. The highest BCUT2D eigenvalue weighted by Crippen LogP contribution is 2.28. The van der Waals surface area contributed by atoms with Crippen LogP contribution in [0, 0.1) is 15.9 Å². The number of amides is 1. The van der Waals surface area contributed by atoms with Crippen LogP contribution in [-0.2, 0) is 13.3 Å². The topological polar surface area (TPSA) is 117 Å². The Hall–Kier alpha value is -3.96. The molecule has 2 heterocycles. The third kappa shape index (κ3) is 5.33. The van der Waals surface area contributed by atoms with Crippen molar-refractivity contribution in [2.75, 3.05) is 5.32 Å². The molecule has 1 N–H and O–H groups in total. The van der Waals surface area contributed by atoms with Crippen molar-refractivity contribution >= 4 is 40.6 Å². The quantitative estimate of drug-likeness (QED) is 0.272. The first kappa shape index (κ1) is 23.2. The summed E-state index contributed by atoms with van der Waals surface area (Å²) in [6, 6.07) is 11.3. The lowest BCUT2D eigenvalue weighted by atomic mass is 10.2. The summed E-state index contributed by atoms with van der Waals surface area (Å²) < 4.78 is 22.3. The van der Waals surface area contributed by atoms with Gasteiger partial charge >= 0.3 is 0 Å². The molecule has 13 heteroatoms. The largest absolute Gasteiger partial charge is 0.470 e. The average Bonchev–Trinajstić information content (AvgIpc) is 3.45. The van der Waals surface area contributed by atoms with Gasteiger partial charge in [0.25, 0.3) is 11.6 Å². The fraction of sp³-hybridized carbons (Fsp3) is 0.0952. The third-order valence-electron chi connectivity index (χ3n) is 4.62. The Labute approximate surface area is 201 Å². The molecule has 0 spiro atoms. The van der Waals surface area contributed by atoms with Crippen LogP contribution in [0.25, 0.3) is 0 Å². The number of aromatic nitrogens is 4. The summed E-state index contributed by atoms with van der Waals surface area (Å²) in [6.07, 6.45) is 3.10. The second-order valence-corrected chi connectivity index (χ2v) is 7.75. The summed E-state index contributed by atoms with van der Waals surface area (Å²) in [7, 11) is 0. The Morgan fingerprint density at radius 1 is 1.09 bits per heavy atom. The third-order valence-corrected chi connectivity index (χ3v) is 5.27. The van der Waals surface area contributed by atoms with Crippen LogP contribution in [0.1, 0.15) is 16.1 Å². The Balaban J connectivity index is 1.35. The van der Waals surface area contributed by atoms with Crippen molar-refractivity contribution in [1.29, 1.82) is 0 Å². The van der Waals surface area contributed by atoms with E-state index >= 15 is 0 Å². The van der Waals surface area contributed by atoms with Crippen LogP contribution >= 0.6 is 23.2 Å². The van der Waals surface area contributed by atoms with E-state index in [9.17, 15) is 19.3 Å². The molecule has 0 unspecified atom stereocenters. The van der Waals surface area contributed by atoms with Gasteiger partial charge < -0.3 is 10.1 Å². The molecule has 174 valence electrons. The zero-order valence-electron chi connectivity index (χ0n) is 17.2. The van der Waals surface area contributed by atoms with Crippen molar-refractivity contribution in [2.45, 2.75) is 13.3 Å². The number of hydrogen-bond acceptors (Lipinski definition) is 6. The summed E-state index contributed by atoms with van der Waals surface area (Å²) >= 11 is 12.0. The van der Waals surface area contributed by atoms with Crippen molar-refractivity contribution < 1.29 is 18.8 Å². The van der Waals surface area contributed by atoms with E-state index in [0.717, 1.165) is 0 Å². The predicted octanol–water partition coefficient (Wildman–Crippen LogP) is 4.77. The second-order valence-electron chi connectivity index (χ2n) is 6.94. The van der Waals surface area contributed by atoms with Gasteiger partial charge in [0.2, 0.25) is 0 Å². The van der Waals surface area contributed by atoms with Gasteiger partial charge in [0.05, 0.1) is 16.5 Å². The van der Waals surface area contributed by atoms with Crippen LogP contribution < -0.4 is 10.1 Å². The van der Waals surface area contributed by atoms with Gasteiger partial charge in [-0.1, -0.05) is 29.3 Å². The number of non-ortho nitro benzene ring substituents is 1. The first-order valence-corrected chi connectivity index (χ1v) is 10.4. The van der Waals surface area contributed by atoms with Gasteiger partial charge in [-0.2, -0.15) is 10.2 Å². The maximum Gasteiger partial charge on any atom is 0.277 e. The summed E-state index contributed by atoms with van der Waals surface area (Å²) in [5.41, 5.74) is 0.233. The molecule has 0 saturated heterocycles. The Morgan fingerprint density at radius 3 is 2.62 bits per heavy atom. The van der Waals surface area contributed by atoms with Gasteiger partial charge in [0.1, 0.15) is 11.6 Å². The highest BCUT2D eigenvalue weighted by atomic mass is 35.5. The van der Waals surface area contributed by atoms with Crippen LogP contribution in [0.2, 0.25) is 10.0 Å². The maximum absolute atomic E-state index is 14.0. The lowest BCUT2D eigenvalue weighted by molar-refractivity contribution is -0.384. The molecule has 10 nitrogen and oxygen atoms in total. The van der Waals surface area contributed by atoms with Gasteiger partial charge in [0, 0.05) is 41.2 Å². The molecule has 0 aliphatic rings. The molecule has 0 saturated carbocycles. The molecule has 1 amide bonds. The SMILES string of the molecule is O=C(Nc1ccn(Cc2c(F)cccc2Cl)n1)c1ccn(COc2ccc([N+](=O)[O-])cc2Cl)n1. The number of anilines is 1. The summed E-state index contributed by atoms with van der Waals surface area (Å²) in [5, 5.41) is 22.1. The molecular weight excluding hydrogens is 490 g/mol. The van der Waals surface area contributed by atoms with Crippen LogP contribution in [-0.4, -0.2) is 30.4 Å². The van der Waals surface area contributed by atoms with E-state index in [1.54, 1.807) is 18.3 Å². The standard InChI is InChI=1S/C21H15Cl2FN6O4/c22-15-2-1-3-17(24)14(15)11-28-9-7-20(27-28)25-21(31)18-6-8-29(26-18)12-34-19-5-4-13(30(32)33)10-16(19)23/h1-10H,11-12H2,(H,25,27,31). The molecule has 34 heavy (non-hydrogen) atoms. The lowest BCUT2D eigenvalue weighted by Gasteiger charge is -2.07. The second kappa shape index (κ2) is 9.89.